The lowest BCUT2D eigenvalue weighted by atomic mass is 9.98. The summed E-state index contributed by atoms with van der Waals surface area (Å²) in [6.07, 6.45) is 3.80. The van der Waals surface area contributed by atoms with Gasteiger partial charge in [-0.05, 0) is 68.0 Å². The van der Waals surface area contributed by atoms with Gasteiger partial charge in [-0.3, -0.25) is 9.59 Å². The predicted octanol–water partition coefficient (Wildman–Crippen LogP) is 6.01. The van der Waals surface area contributed by atoms with Crippen LogP contribution in [-0.4, -0.2) is 29.3 Å². The molecule has 1 amide bonds. The summed E-state index contributed by atoms with van der Waals surface area (Å²) in [7, 11) is 0. The van der Waals surface area contributed by atoms with E-state index < -0.39 is 5.82 Å². The molecule has 2 atom stereocenters. The van der Waals surface area contributed by atoms with Crippen molar-refractivity contribution >= 4 is 45.8 Å². The average molecular weight is 489 g/mol. The van der Waals surface area contributed by atoms with Gasteiger partial charge in [0, 0.05) is 28.9 Å². The molecule has 0 spiro atoms. The van der Waals surface area contributed by atoms with Crippen LogP contribution in [-0.2, 0) is 4.79 Å². The first-order valence-electron chi connectivity index (χ1n) is 10.8. The van der Waals surface area contributed by atoms with Gasteiger partial charge in [-0.1, -0.05) is 29.3 Å². The Morgan fingerprint density at radius 3 is 2.76 bits per heavy atom. The van der Waals surface area contributed by atoms with E-state index in [1.54, 1.807) is 12.1 Å². The second kappa shape index (κ2) is 10.5. The van der Waals surface area contributed by atoms with Gasteiger partial charge in [0.1, 0.15) is 17.3 Å². The van der Waals surface area contributed by atoms with Crippen molar-refractivity contribution in [3.8, 4) is 5.75 Å². The second-order valence-corrected chi connectivity index (χ2v) is 9.15. The summed E-state index contributed by atoms with van der Waals surface area (Å²) < 4.78 is 18.8. The number of carbonyl (C=O) groups is 2. The molecule has 1 aromatic heterocycles. The zero-order valence-electron chi connectivity index (χ0n) is 17.8. The highest BCUT2D eigenvalue weighted by Gasteiger charge is 2.26. The molecule has 33 heavy (non-hydrogen) atoms. The van der Waals surface area contributed by atoms with Crippen LogP contribution >= 0.6 is 23.2 Å². The molecule has 1 saturated carbocycles. The van der Waals surface area contributed by atoms with Crippen LogP contribution < -0.4 is 10.1 Å². The summed E-state index contributed by atoms with van der Waals surface area (Å²) in [4.78, 5) is 29.3. The van der Waals surface area contributed by atoms with Crippen molar-refractivity contribution < 1.29 is 18.7 Å². The SMILES string of the molecule is O=C(COc1ccc(Cl)c(F)c1)NC1CCC(CCC(=O)c2ccc3cc(Cl)ccc3n2)C1. The zero-order valence-corrected chi connectivity index (χ0v) is 19.3. The molecule has 2 aromatic carbocycles. The summed E-state index contributed by atoms with van der Waals surface area (Å²) in [6.45, 7) is -0.195. The van der Waals surface area contributed by atoms with Crippen LogP contribution in [0.5, 0.6) is 5.75 Å². The molecule has 0 bridgehead atoms. The maximum absolute atomic E-state index is 13.5. The monoisotopic (exact) mass is 488 g/mol. The Morgan fingerprint density at radius 2 is 1.94 bits per heavy atom. The highest BCUT2D eigenvalue weighted by Crippen LogP contribution is 2.30. The van der Waals surface area contributed by atoms with Gasteiger partial charge in [-0.15, -0.1) is 0 Å². The number of aromatic nitrogens is 1. The van der Waals surface area contributed by atoms with Crippen LogP contribution in [0.1, 0.15) is 42.6 Å². The molecule has 5 nitrogen and oxygen atoms in total. The van der Waals surface area contributed by atoms with Crippen LogP contribution in [0.15, 0.2) is 48.5 Å². The molecule has 3 aromatic rings. The van der Waals surface area contributed by atoms with Gasteiger partial charge in [0.25, 0.3) is 5.91 Å². The third kappa shape index (κ3) is 6.21. The largest absolute Gasteiger partial charge is 0.484 e. The van der Waals surface area contributed by atoms with E-state index in [1.165, 1.54) is 12.1 Å². The topological polar surface area (TPSA) is 68.3 Å². The van der Waals surface area contributed by atoms with E-state index in [-0.39, 0.29) is 35.1 Å². The fourth-order valence-electron chi connectivity index (χ4n) is 4.17. The summed E-state index contributed by atoms with van der Waals surface area (Å²) >= 11 is 11.6. The first-order chi connectivity index (χ1) is 15.9. The van der Waals surface area contributed by atoms with Crippen LogP contribution in [0.4, 0.5) is 4.39 Å². The molecular weight excluding hydrogens is 466 g/mol. The van der Waals surface area contributed by atoms with Crippen molar-refractivity contribution in [3.63, 3.8) is 0 Å². The number of halogens is 3. The molecule has 0 radical (unpaired) electrons. The van der Waals surface area contributed by atoms with E-state index in [0.717, 1.165) is 42.7 Å². The van der Waals surface area contributed by atoms with E-state index in [9.17, 15) is 14.0 Å². The summed E-state index contributed by atoms with van der Waals surface area (Å²) in [5.41, 5.74) is 1.21. The Kier molecular flexibility index (Phi) is 7.46. The molecule has 0 saturated heterocycles. The summed E-state index contributed by atoms with van der Waals surface area (Å²) in [5.74, 6) is -0.216. The van der Waals surface area contributed by atoms with E-state index >= 15 is 0 Å². The number of rotatable bonds is 8. The van der Waals surface area contributed by atoms with E-state index in [0.29, 0.717) is 23.1 Å². The Bertz CT molecular complexity index is 1190. The fraction of sp³-hybridized carbons (Fsp3) is 0.320. The van der Waals surface area contributed by atoms with Crippen LogP contribution in [0.25, 0.3) is 10.9 Å². The average Bonchev–Trinajstić information content (AvgIpc) is 3.25. The molecule has 8 heteroatoms. The minimum absolute atomic E-state index is 0.00332. The molecule has 172 valence electrons. The lowest BCUT2D eigenvalue weighted by molar-refractivity contribution is -0.123. The maximum atomic E-state index is 13.5. The van der Waals surface area contributed by atoms with Gasteiger partial charge in [0.2, 0.25) is 0 Å². The third-order valence-electron chi connectivity index (χ3n) is 5.88. The van der Waals surface area contributed by atoms with Gasteiger partial charge >= 0.3 is 0 Å². The molecule has 1 fully saturated rings. The summed E-state index contributed by atoms with van der Waals surface area (Å²) in [5, 5.41) is 4.50. The Labute approximate surface area is 201 Å². The lowest BCUT2D eigenvalue weighted by Crippen LogP contribution is -2.36. The van der Waals surface area contributed by atoms with Crippen molar-refractivity contribution in [2.24, 2.45) is 5.92 Å². The van der Waals surface area contributed by atoms with Gasteiger partial charge in [-0.2, -0.15) is 0 Å². The van der Waals surface area contributed by atoms with Gasteiger partial charge in [-0.25, -0.2) is 9.37 Å². The van der Waals surface area contributed by atoms with Crippen molar-refractivity contribution in [2.75, 3.05) is 6.61 Å². The zero-order chi connectivity index (χ0) is 23.4. The Hall–Kier alpha value is -2.70. The third-order valence-corrected chi connectivity index (χ3v) is 6.43. The van der Waals surface area contributed by atoms with E-state index in [2.05, 4.69) is 10.3 Å². The number of fused-ring (bicyclic) bond motifs is 1. The number of hydrogen-bond donors (Lipinski definition) is 1. The van der Waals surface area contributed by atoms with Crippen molar-refractivity contribution in [1.29, 1.82) is 0 Å². The van der Waals surface area contributed by atoms with Crippen LogP contribution in [0, 0.1) is 11.7 Å². The quantitative estimate of drug-likeness (QED) is 0.394. The number of nitrogens with one attached hydrogen (secondary N) is 1. The number of amides is 1. The lowest BCUT2D eigenvalue weighted by Gasteiger charge is -2.14. The van der Waals surface area contributed by atoms with E-state index in [1.807, 2.05) is 18.2 Å². The van der Waals surface area contributed by atoms with Gasteiger partial charge < -0.3 is 10.1 Å². The maximum Gasteiger partial charge on any atom is 0.258 e. The number of Topliss-reactive ketones (excluding diaryl/α,β-unsaturated/α-hetero) is 1. The highest BCUT2D eigenvalue weighted by atomic mass is 35.5. The smallest absolute Gasteiger partial charge is 0.258 e. The number of pyridine rings is 1. The normalized spacial score (nSPS) is 17.8. The number of ketones is 1. The second-order valence-electron chi connectivity index (χ2n) is 8.30. The Balaban J connectivity index is 1.21. The minimum Gasteiger partial charge on any atom is -0.484 e. The van der Waals surface area contributed by atoms with Gasteiger partial charge in [0.15, 0.2) is 12.4 Å². The first-order valence-corrected chi connectivity index (χ1v) is 11.6. The first kappa shape index (κ1) is 23.5. The molecule has 2 unspecified atom stereocenters. The summed E-state index contributed by atoms with van der Waals surface area (Å²) in [6, 6.07) is 13.1. The molecule has 1 aliphatic carbocycles. The number of ether oxygens (including phenoxy) is 1. The molecule has 0 aliphatic heterocycles. The molecule has 1 N–H and O–H groups in total. The Morgan fingerprint density at radius 1 is 1.09 bits per heavy atom. The van der Waals surface area contributed by atoms with Crippen LogP contribution in [0.3, 0.4) is 0 Å². The molecule has 1 heterocycles. The van der Waals surface area contributed by atoms with Crippen LogP contribution in [0.2, 0.25) is 10.0 Å². The van der Waals surface area contributed by atoms with Gasteiger partial charge in [0.05, 0.1) is 10.5 Å². The van der Waals surface area contributed by atoms with Crippen molar-refractivity contribution in [2.45, 2.75) is 38.1 Å². The number of hydrogen-bond acceptors (Lipinski definition) is 4. The number of nitrogens with zero attached hydrogens (tertiary/aromatic N) is 1. The molecule has 4 rings (SSSR count). The predicted molar refractivity (Wildman–Crippen MR) is 126 cm³/mol. The van der Waals surface area contributed by atoms with E-state index in [4.69, 9.17) is 27.9 Å². The number of benzene rings is 2. The minimum atomic E-state index is -0.592. The standard InChI is InChI=1S/C25H23Cl2FN2O3/c26-17-4-9-22-16(12-17)3-8-23(30-22)24(31)10-2-15-1-5-18(11-15)29-25(32)14-33-19-6-7-20(27)21(28)13-19/h3-4,6-9,12-13,15,18H,1-2,5,10-11,14H2,(H,29,32). The fourth-order valence-corrected chi connectivity index (χ4v) is 4.47. The molecule has 1 aliphatic rings. The number of carbonyl (C=O) groups excluding carboxylic acids is 2. The van der Waals surface area contributed by atoms with Crippen molar-refractivity contribution in [1.82, 2.24) is 10.3 Å². The molecular formula is C25H23Cl2FN2O3. The highest BCUT2D eigenvalue weighted by molar-refractivity contribution is 6.31. The van der Waals surface area contributed by atoms with Crippen molar-refractivity contribution in [3.05, 3.63) is 70.1 Å².